The van der Waals surface area contributed by atoms with Gasteiger partial charge in [-0.3, -0.25) is 10.1 Å². The first-order valence-corrected chi connectivity index (χ1v) is 5.32. The molecule has 0 fully saturated rings. The van der Waals surface area contributed by atoms with Gasteiger partial charge in [-0.2, -0.15) is 21.4 Å². The molecule has 15 heavy (non-hydrogen) atoms. The topological polar surface area (TPSA) is 59.8 Å². The zero-order valence-electron chi connectivity index (χ0n) is 8.39. The van der Waals surface area contributed by atoms with Gasteiger partial charge in [0.25, 0.3) is 5.91 Å². The van der Waals surface area contributed by atoms with Crippen molar-refractivity contribution in [3.63, 3.8) is 0 Å². The van der Waals surface area contributed by atoms with Crippen LogP contribution in [0.25, 0.3) is 0 Å². The van der Waals surface area contributed by atoms with Crippen LogP contribution in [0.15, 0.2) is 16.8 Å². The van der Waals surface area contributed by atoms with Crippen molar-refractivity contribution in [2.75, 3.05) is 5.32 Å². The summed E-state index contributed by atoms with van der Waals surface area (Å²) in [5.41, 5.74) is 0.639. The van der Waals surface area contributed by atoms with Crippen molar-refractivity contribution < 1.29 is 4.79 Å². The molecule has 0 atom stereocenters. The van der Waals surface area contributed by atoms with Gasteiger partial charge in [-0.05, 0) is 18.4 Å². The molecule has 0 aliphatic carbocycles. The van der Waals surface area contributed by atoms with Crippen molar-refractivity contribution in [1.82, 2.24) is 14.8 Å². The van der Waals surface area contributed by atoms with E-state index in [2.05, 4.69) is 15.4 Å². The van der Waals surface area contributed by atoms with Crippen LogP contribution in [0.3, 0.4) is 0 Å². The Hall–Kier alpha value is -1.69. The first-order valence-electron chi connectivity index (χ1n) is 4.38. The Bertz CT molecular complexity index is 474. The molecule has 0 aliphatic heterocycles. The molecule has 0 radical (unpaired) electrons. The second-order valence-electron chi connectivity index (χ2n) is 3.07. The highest BCUT2D eigenvalue weighted by Crippen LogP contribution is 2.09. The van der Waals surface area contributed by atoms with Crippen LogP contribution in [0, 0.1) is 6.92 Å². The lowest BCUT2D eigenvalue weighted by molar-refractivity contribution is 0.102. The maximum atomic E-state index is 11.7. The van der Waals surface area contributed by atoms with E-state index in [0.717, 1.165) is 0 Å². The minimum absolute atomic E-state index is 0.160. The second-order valence-corrected chi connectivity index (χ2v) is 3.85. The van der Waals surface area contributed by atoms with Gasteiger partial charge >= 0.3 is 0 Å². The number of amides is 1. The van der Waals surface area contributed by atoms with Gasteiger partial charge < -0.3 is 0 Å². The Morgan fingerprint density at radius 1 is 1.60 bits per heavy atom. The third kappa shape index (κ3) is 2.04. The minimum atomic E-state index is -0.160. The van der Waals surface area contributed by atoms with Crippen LogP contribution in [0.1, 0.15) is 16.2 Å². The largest absolute Gasteiger partial charge is 0.291 e. The molecular weight excluding hydrogens is 212 g/mol. The Balaban J connectivity index is 2.16. The number of aromatic nitrogens is 3. The number of anilines is 1. The molecule has 0 saturated carbocycles. The number of nitrogens with zero attached hydrogens (tertiary/aromatic N) is 3. The van der Waals surface area contributed by atoms with Crippen LogP contribution in [0.5, 0.6) is 0 Å². The number of nitrogens with one attached hydrogen (secondary N) is 1. The van der Waals surface area contributed by atoms with Crippen LogP contribution in [0.4, 0.5) is 5.95 Å². The van der Waals surface area contributed by atoms with Gasteiger partial charge in [-0.15, -0.1) is 0 Å². The summed E-state index contributed by atoms with van der Waals surface area (Å²) in [4.78, 5) is 15.7. The van der Waals surface area contributed by atoms with Crippen molar-refractivity contribution in [2.45, 2.75) is 6.92 Å². The smallest absolute Gasteiger partial charge is 0.258 e. The Morgan fingerprint density at radius 3 is 2.93 bits per heavy atom. The standard InChI is InChI=1S/C9H10N4OS/c1-6-10-9(13(2)12-6)11-8(14)7-3-4-15-5-7/h3-5H,1-2H3,(H,10,11,12,14). The Morgan fingerprint density at radius 2 is 2.40 bits per heavy atom. The van der Waals surface area contributed by atoms with Crippen LogP contribution in [-0.4, -0.2) is 20.7 Å². The molecule has 2 heterocycles. The molecule has 6 heteroatoms. The highest BCUT2D eigenvalue weighted by molar-refractivity contribution is 7.08. The predicted octanol–water partition coefficient (Wildman–Crippen LogP) is 1.44. The minimum Gasteiger partial charge on any atom is -0.291 e. The summed E-state index contributed by atoms with van der Waals surface area (Å²) in [7, 11) is 1.74. The molecule has 1 amide bonds. The number of carbonyl (C=O) groups excluding carboxylic acids is 1. The van der Waals surface area contributed by atoms with Crippen molar-refractivity contribution in [3.8, 4) is 0 Å². The highest BCUT2D eigenvalue weighted by Gasteiger charge is 2.10. The maximum Gasteiger partial charge on any atom is 0.258 e. The monoisotopic (exact) mass is 222 g/mol. The number of aryl methyl sites for hydroxylation is 2. The van der Waals surface area contributed by atoms with Crippen LogP contribution >= 0.6 is 11.3 Å². The molecule has 2 aromatic rings. The zero-order chi connectivity index (χ0) is 10.8. The first-order chi connectivity index (χ1) is 7.16. The fraction of sp³-hybridized carbons (Fsp3) is 0.222. The van der Waals surface area contributed by atoms with Crippen molar-refractivity contribution >= 4 is 23.2 Å². The summed E-state index contributed by atoms with van der Waals surface area (Å²) in [5, 5.41) is 10.4. The molecule has 0 aliphatic rings. The lowest BCUT2D eigenvalue weighted by Crippen LogP contribution is -2.14. The molecule has 0 bridgehead atoms. The third-order valence-electron chi connectivity index (χ3n) is 1.88. The van der Waals surface area contributed by atoms with Gasteiger partial charge in [0.05, 0.1) is 5.56 Å². The molecule has 2 rings (SSSR count). The van der Waals surface area contributed by atoms with Crippen LogP contribution < -0.4 is 5.32 Å². The van der Waals surface area contributed by atoms with Gasteiger partial charge in [0, 0.05) is 12.4 Å². The lowest BCUT2D eigenvalue weighted by Gasteiger charge is -2.00. The van der Waals surface area contributed by atoms with E-state index in [4.69, 9.17) is 0 Å². The van der Waals surface area contributed by atoms with Gasteiger partial charge in [0.2, 0.25) is 5.95 Å². The molecule has 0 aromatic carbocycles. The molecule has 78 valence electrons. The maximum absolute atomic E-state index is 11.7. The molecule has 2 aromatic heterocycles. The summed E-state index contributed by atoms with van der Waals surface area (Å²) in [6.07, 6.45) is 0. The van der Waals surface area contributed by atoms with Crippen LogP contribution in [-0.2, 0) is 7.05 Å². The van der Waals surface area contributed by atoms with E-state index in [9.17, 15) is 4.79 Å². The van der Waals surface area contributed by atoms with Crippen molar-refractivity contribution in [1.29, 1.82) is 0 Å². The highest BCUT2D eigenvalue weighted by atomic mass is 32.1. The third-order valence-corrected chi connectivity index (χ3v) is 2.56. The quantitative estimate of drug-likeness (QED) is 0.836. The van der Waals surface area contributed by atoms with E-state index >= 15 is 0 Å². The molecule has 5 nitrogen and oxygen atoms in total. The molecule has 0 saturated heterocycles. The van der Waals surface area contributed by atoms with Gasteiger partial charge in [0.15, 0.2) is 0 Å². The number of rotatable bonds is 2. The van der Waals surface area contributed by atoms with E-state index in [1.165, 1.54) is 11.3 Å². The van der Waals surface area contributed by atoms with Gasteiger partial charge in [-0.25, -0.2) is 4.68 Å². The van der Waals surface area contributed by atoms with Crippen molar-refractivity contribution in [2.24, 2.45) is 7.05 Å². The molecule has 0 spiro atoms. The lowest BCUT2D eigenvalue weighted by atomic mass is 10.3. The average Bonchev–Trinajstić information content (AvgIpc) is 2.76. The summed E-state index contributed by atoms with van der Waals surface area (Å²) < 4.78 is 1.54. The molecule has 0 unspecified atom stereocenters. The fourth-order valence-corrected chi connectivity index (χ4v) is 1.82. The van der Waals surface area contributed by atoms with E-state index in [1.807, 2.05) is 5.38 Å². The van der Waals surface area contributed by atoms with Crippen molar-refractivity contribution in [3.05, 3.63) is 28.2 Å². The number of hydrogen-bond donors (Lipinski definition) is 1. The first kappa shape index (κ1) is 9.85. The van der Waals surface area contributed by atoms with Gasteiger partial charge in [-0.1, -0.05) is 0 Å². The average molecular weight is 222 g/mol. The number of hydrogen-bond acceptors (Lipinski definition) is 4. The van der Waals surface area contributed by atoms with Gasteiger partial charge in [0.1, 0.15) is 5.82 Å². The van der Waals surface area contributed by atoms with Crippen LogP contribution in [0.2, 0.25) is 0 Å². The van der Waals surface area contributed by atoms with E-state index in [1.54, 1.807) is 30.1 Å². The Kier molecular flexibility index (Phi) is 2.51. The van der Waals surface area contributed by atoms with E-state index < -0.39 is 0 Å². The predicted molar refractivity (Wildman–Crippen MR) is 58.0 cm³/mol. The molecular formula is C9H10N4OS. The summed E-state index contributed by atoms with van der Waals surface area (Å²) in [6.45, 7) is 1.78. The number of thiophene rings is 1. The fourth-order valence-electron chi connectivity index (χ4n) is 1.19. The number of carbonyl (C=O) groups is 1. The van der Waals surface area contributed by atoms with E-state index in [-0.39, 0.29) is 5.91 Å². The summed E-state index contributed by atoms with van der Waals surface area (Å²) >= 11 is 1.48. The summed E-state index contributed by atoms with van der Waals surface area (Å²) in [6, 6.07) is 1.77. The normalized spacial score (nSPS) is 10.3. The zero-order valence-corrected chi connectivity index (χ0v) is 9.21. The molecule has 1 N–H and O–H groups in total. The van der Waals surface area contributed by atoms with E-state index in [0.29, 0.717) is 17.3 Å². The second kappa shape index (κ2) is 3.82. The Labute approximate surface area is 90.8 Å². The SMILES string of the molecule is Cc1nc(NC(=O)c2ccsc2)n(C)n1. The summed E-state index contributed by atoms with van der Waals surface area (Å²) in [5.74, 6) is 0.938.